The first-order valence-corrected chi connectivity index (χ1v) is 8.54. The van der Waals surface area contributed by atoms with E-state index in [2.05, 4.69) is 0 Å². The van der Waals surface area contributed by atoms with Gasteiger partial charge in [-0.15, -0.1) is 0 Å². The molecule has 20 heavy (non-hydrogen) atoms. The molecular weight excluding hydrogens is 343 g/mol. The van der Waals surface area contributed by atoms with Crippen LogP contribution in [0.1, 0.15) is 41.8 Å². The molecule has 1 aromatic carbocycles. The molecule has 0 heterocycles. The van der Waals surface area contributed by atoms with E-state index in [1.54, 1.807) is 6.92 Å². The number of benzene rings is 1. The zero-order valence-corrected chi connectivity index (χ0v) is 14.2. The zero-order valence-electron chi connectivity index (χ0n) is 11.1. The summed E-state index contributed by atoms with van der Waals surface area (Å²) >= 11 is 17.8. The Hall–Kier alpha value is -0.290. The molecule has 1 aromatic rings. The van der Waals surface area contributed by atoms with Crippen LogP contribution in [0, 0.1) is 0 Å². The van der Waals surface area contributed by atoms with E-state index < -0.39 is 20.6 Å². The highest BCUT2D eigenvalue weighted by atomic mass is 35.6. The molecule has 0 unspecified atom stereocenters. The lowest BCUT2D eigenvalue weighted by atomic mass is 10.0. The smallest absolute Gasteiger partial charge is 0.336 e. The van der Waals surface area contributed by atoms with Gasteiger partial charge in [0.1, 0.15) is 0 Å². The van der Waals surface area contributed by atoms with Crippen molar-refractivity contribution < 1.29 is 14.1 Å². The van der Waals surface area contributed by atoms with Crippen molar-refractivity contribution in [1.82, 2.24) is 0 Å². The summed E-state index contributed by atoms with van der Waals surface area (Å²) in [5.74, 6) is -0.684. The van der Waals surface area contributed by atoms with Crippen molar-refractivity contribution in [2.45, 2.75) is 35.4 Å². The van der Waals surface area contributed by atoms with Crippen molar-refractivity contribution in [2.24, 2.45) is 0 Å². The number of carboxylic acids is 1. The SMILES string of the molecule is CCC[S@](=O)c1c(C(Cl)(Cl)Cl)ccc(C(=O)O)c1CC. The van der Waals surface area contributed by atoms with Crippen molar-refractivity contribution >= 4 is 51.6 Å². The number of alkyl halides is 3. The van der Waals surface area contributed by atoms with Gasteiger partial charge in [0.05, 0.1) is 21.3 Å². The van der Waals surface area contributed by atoms with E-state index in [9.17, 15) is 14.1 Å². The molecule has 0 aliphatic carbocycles. The predicted molar refractivity (Wildman–Crippen MR) is 83.6 cm³/mol. The second kappa shape index (κ2) is 7.12. The zero-order chi connectivity index (χ0) is 15.5. The summed E-state index contributed by atoms with van der Waals surface area (Å²) in [6, 6.07) is 2.82. The summed E-state index contributed by atoms with van der Waals surface area (Å²) in [5, 5.41) is 9.23. The van der Waals surface area contributed by atoms with Gasteiger partial charge in [0, 0.05) is 11.3 Å². The van der Waals surface area contributed by atoms with Gasteiger partial charge in [-0.05, 0) is 24.5 Å². The molecule has 0 amide bonds. The van der Waals surface area contributed by atoms with Crippen LogP contribution in [0.4, 0.5) is 0 Å². The Morgan fingerprint density at radius 3 is 2.30 bits per heavy atom. The Morgan fingerprint density at radius 1 is 1.30 bits per heavy atom. The molecule has 0 saturated carbocycles. The maximum absolute atomic E-state index is 12.4. The van der Waals surface area contributed by atoms with E-state index in [1.165, 1.54) is 12.1 Å². The Labute approximate surface area is 135 Å². The fourth-order valence-corrected chi connectivity index (χ4v) is 4.16. The third-order valence-corrected chi connectivity index (χ3v) is 5.08. The van der Waals surface area contributed by atoms with Crippen LogP contribution in [-0.4, -0.2) is 21.0 Å². The molecule has 0 spiro atoms. The minimum Gasteiger partial charge on any atom is -0.478 e. The second-order valence-electron chi connectivity index (χ2n) is 4.17. The van der Waals surface area contributed by atoms with E-state index in [0.29, 0.717) is 29.1 Å². The van der Waals surface area contributed by atoms with Gasteiger partial charge in [-0.2, -0.15) is 0 Å². The van der Waals surface area contributed by atoms with E-state index >= 15 is 0 Å². The molecule has 7 heteroatoms. The number of halogens is 3. The van der Waals surface area contributed by atoms with Crippen molar-refractivity contribution in [2.75, 3.05) is 5.75 Å². The molecule has 0 aromatic heterocycles. The maximum atomic E-state index is 12.4. The molecule has 112 valence electrons. The summed E-state index contributed by atoms with van der Waals surface area (Å²) in [5.41, 5.74) is 0.856. The van der Waals surface area contributed by atoms with Crippen LogP contribution in [0.3, 0.4) is 0 Å². The average Bonchev–Trinajstić information content (AvgIpc) is 2.35. The summed E-state index contributed by atoms with van der Waals surface area (Å²) < 4.78 is 10.7. The topological polar surface area (TPSA) is 54.4 Å². The fourth-order valence-electron chi connectivity index (χ4n) is 1.95. The highest BCUT2D eigenvalue weighted by Crippen LogP contribution is 2.43. The lowest BCUT2D eigenvalue weighted by Gasteiger charge is -2.20. The van der Waals surface area contributed by atoms with E-state index in [-0.39, 0.29) is 11.1 Å². The van der Waals surface area contributed by atoms with Gasteiger partial charge in [0.2, 0.25) is 3.79 Å². The van der Waals surface area contributed by atoms with Gasteiger partial charge in [-0.1, -0.05) is 54.7 Å². The van der Waals surface area contributed by atoms with Crippen LogP contribution in [0.5, 0.6) is 0 Å². The largest absolute Gasteiger partial charge is 0.478 e. The van der Waals surface area contributed by atoms with Crippen molar-refractivity contribution in [1.29, 1.82) is 0 Å². The van der Waals surface area contributed by atoms with Gasteiger partial charge in [-0.25, -0.2) is 4.79 Å². The van der Waals surface area contributed by atoms with Crippen LogP contribution >= 0.6 is 34.8 Å². The Morgan fingerprint density at radius 2 is 1.90 bits per heavy atom. The van der Waals surface area contributed by atoms with Gasteiger partial charge >= 0.3 is 5.97 Å². The summed E-state index contributed by atoms with van der Waals surface area (Å²) in [7, 11) is -1.40. The molecule has 0 fully saturated rings. The molecule has 1 N–H and O–H groups in total. The maximum Gasteiger partial charge on any atom is 0.336 e. The molecular formula is C13H15Cl3O3S. The molecule has 0 radical (unpaired) electrons. The minimum atomic E-state index is -1.74. The highest BCUT2D eigenvalue weighted by Gasteiger charge is 2.31. The second-order valence-corrected chi connectivity index (χ2v) is 7.96. The number of hydrogen-bond acceptors (Lipinski definition) is 2. The van der Waals surface area contributed by atoms with E-state index in [4.69, 9.17) is 34.8 Å². The average molecular weight is 358 g/mol. The summed E-state index contributed by atoms with van der Waals surface area (Å²) in [6.07, 6.45) is 1.09. The van der Waals surface area contributed by atoms with E-state index in [0.717, 1.165) is 0 Å². The first kappa shape index (κ1) is 17.8. The third kappa shape index (κ3) is 3.88. The lowest BCUT2D eigenvalue weighted by Crippen LogP contribution is -2.15. The van der Waals surface area contributed by atoms with Crippen LogP contribution in [-0.2, 0) is 21.0 Å². The molecule has 0 bridgehead atoms. The normalized spacial score (nSPS) is 13.2. The van der Waals surface area contributed by atoms with Gasteiger partial charge in [0.15, 0.2) is 0 Å². The number of hydrogen-bond donors (Lipinski definition) is 1. The molecule has 0 aliphatic rings. The van der Waals surface area contributed by atoms with Gasteiger partial charge in [0.25, 0.3) is 0 Å². The summed E-state index contributed by atoms with van der Waals surface area (Å²) in [6.45, 7) is 3.68. The fraction of sp³-hybridized carbons (Fsp3) is 0.462. The standard InChI is InChI=1S/C13H15Cl3O3S/c1-3-7-20(19)11-8(4-2)9(12(17)18)5-6-10(11)13(14,15)16/h5-6H,3-4,7H2,1-2H3,(H,17,18)/t20-/m0/s1. The summed E-state index contributed by atoms with van der Waals surface area (Å²) in [4.78, 5) is 11.6. The van der Waals surface area contributed by atoms with Crippen LogP contribution in [0.15, 0.2) is 17.0 Å². The molecule has 0 aliphatic heterocycles. The van der Waals surface area contributed by atoms with Crippen LogP contribution in [0.2, 0.25) is 0 Å². The molecule has 1 atom stereocenters. The molecule has 3 nitrogen and oxygen atoms in total. The lowest BCUT2D eigenvalue weighted by molar-refractivity contribution is 0.0695. The van der Waals surface area contributed by atoms with Crippen molar-refractivity contribution in [3.63, 3.8) is 0 Å². The Bertz CT molecular complexity index is 538. The first-order valence-electron chi connectivity index (χ1n) is 6.08. The highest BCUT2D eigenvalue weighted by molar-refractivity contribution is 7.85. The Kier molecular flexibility index (Phi) is 6.32. The van der Waals surface area contributed by atoms with E-state index in [1.807, 2.05) is 6.92 Å². The Balaban J connectivity index is 3.64. The van der Waals surface area contributed by atoms with Crippen LogP contribution < -0.4 is 0 Å². The quantitative estimate of drug-likeness (QED) is 0.800. The van der Waals surface area contributed by atoms with Crippen LogP contribution in [0.25, 0.3) is 0 Å². The number of rotatable bonds is 5. The molecule has 0 saturated heterocycles. The first-order chi connectivity index (χ1) is 9.23. The number of carbonyl (C=O) groups is 1. The molecule has 1 rings (SSSR count). The van der Waals surface area contributed by atoms with Crippen molar-refractivity contribution in [3.05, 3.63) is 28.8 Å². The third-order valence-electron chi connectivity index (χ3n) is 2.77. The number of carboxylic acid groups (broad SMARTS) is 1. The monoisotopic (exact) mass is 356 g/mol. The van der Waals surface area contributed by atoms with Gasteiger partial charge in [-0.3, -0.25) is 4.21 Å². The minimum absolute atomic E-state index is 0.102. The number of aromatic carboxylic acids is 1. The predicted octanol–water partition coefficient (Wildman–Crippen LogP) is 4.29. The van der Waals surface area contributed by atoms with Gasteiger partial charge < -0.3 is 5.11 Å². The van der Waals surface area contributed by atoms with Crippen molar-refractivity contribution in [3.8, 4) is 0 Å².